The number of likely N-dealkylation sites (N-methyl/N-ethyl adjacent to an activating group) is 1. The SMILES string of the molecule is Cc1cc2c(cc1CN(C)C(C)(C)CN)OCO2. The van der Waals surface area contributed by atoms with Crippen molar-refractivity contribution in [2.75, 3.05) is 20.4 Å². The van der Waals surface area contributed by atoms with E-state index in [4.69, 9.17) is 15.2 Å². The van der Waals surface area contributed by atoms with Gasteiger partial charge in [0.25, 0.3) is 0 Å². The first-order valence-electron chi connectivity index (χ1n) is 6.24. The van der Waals surface area contributed by atoms with Crippen molar-refractivity contribution in [3.05, 3.63) is 23.3 Å². The van der Waals surface area contributed by atoms with Crippen molar-refractivity contribution in [2.24, 2.45) is 5.73 Å². The van der Waals surface area contributed by atoms with Gasteiger partial charge in [0.1, 0.15) is 0 Å². The molecule has 4 nitrogen and oxygen atoms in total. The first kappa shape index (κ1) is 13.2. The topological polar surface area (TPSA) is 47.7 Å². The van der Waals surface area contributed by atoms with E-state index in [-0.39, 0.29) is 5.54 Å². The molecule has 0 aromatic heterocycles. The maximum absolute atomic E-state index is 5.80. The third-order valence-electron chi connectivity index (χ3n) is 3.77. The van der Waals surface area contributed by atoms with E-state index < -0.39 is 0 Å². The van der Waals surface area contributed by atoms with Crippen molar-refractivity contribution in [3.8, 4) is 11.5 Å². The summed E-state index contributed by atoms with van der Waals surface area (Å²) in [6.45, 7) is 8.20. The van der Waals surface area contributed by atoms with Crippen LogP contribution in [0.1, 0.15) is 25.0 Å². The van der Waals surface area contributed by atoms with Gasteiger partial charge in [-0.05, 0) is 51.1 Å². The van der Waals surface area contributed by atoms with Gasteiger partial charge in [-0.25, -0.2) is 0 Å². The average molecular weight is 250 g/mol. The van der Waals surface area contributed by atoms with E-state index in [1.54, 1.807) is 0 Å². The number of benzene rings is 1. The zero-order valence-electron chi connectivity index (χ0n) is 11.6. The number of hydrogen-bond donors (Lipinski definition) is 1. The summed E-state index contributed by atoms with van der Waals surface area (Å²) in [6.07, 6.45) is 0. The Labute approximate surface area is 109 Å². The third kappa shape index (κ3) is 2.44. The van der Waals surface area contributed by atoms with Crippen molar-refractivity contribution >= 4 is 0 Å². The molecule has 0 bridgehead atoms. The minimum absolute atomic E-state index is 0.0111. The van der Waals surface area contributed by atoms with Gasteiger partial charge in [-0.15, -0.1) is 0 Å². The molecule has 2 rings (SSSR count). The lowest BCUT2D eigenvalue weighted by atomic mass is 10.0. The Morgan fingerprint density at radius 1 is 1.28 bits per heavy atom. The highest BCUT2D eigenvalue weighted by molar-refractivity contribution is 5.48. The molecule has 1 aliphatic rings. The highest BCUT2D eigenvalue weighted by atomic mass is 16.7. The average Bonchev–Trinajstić information content (AvgIpc) is 2.76. The van der Waals surface area contributed by atoms with Crippen molar-refractivity contribution in [1.29, 1.82) is 0 Å². The molecular formula is C14H22N2O2. The van der Waals surface area contributed by atoms with Crippen LogP contribution < -0.4 is 15.2 Å². The Morgan fingerprint density at radius 3 is 2.50 bits per heavy atom. The highest BCUT2D eigenvalue weighted by Gasteiger charge is 2.23. The van der Waals surface area contributed by atoms with Crippen molar-refractivity contribution in [3.63, 3.8) is 0 Å². The third-order valence-corrected chi connectivity index (χ3v) is 3.77. The van der Waals surface area contributed by atoms with E-state index >= 15 is 0 Å². The van der Waals surface area contributed by atoms with Crippen LogP contribution in [0.4, 0.5) is 0 Å². The molecule has 0 aliphatic carbocycles. The Morgan fingerprint density at radius 2 is 1.89 bits per heavy atom. The smallest absolute Gasteiger partial charge is 0.231 e. The molecule has 100 valence electrons. The van der Waals surface area contributed by atoms with Crippen molar-refractivity contribution in [1.82, 2.24) is 4.90 Å². The molecular weight excluding hydrogens is 228 g/mol. The van der Waals surface area contributed by atoms with E-state index in [0.717, 1.165) is 18.0 Å². The Kier molecular flexibility index (Phi) is 3.50. The fraction of sp³-hybridized carbons (Fsp3) is 0.571. The van der Waals surface area contributed by atoms with Crippen LogP contribution >= 0.6 is 0 Å². The molecule has 1 aromatic carbocycles. The number of aryl methyl sites for hydroxylation is 1. The summed E-state index contributed by atoms with van der Waals surface area (Å²) < 4.78 is 10.8. The van der Waals surface area contributed by atoms with Crippen LogP contribution in [-0.4, -0.2) is 30.8 Å². The number of rotatable bonds is 4. The number of ether oxygens (including phenoxy) is 2. The fourth-order valence-electron chi connectivity index (χ4n) is 1.88. The summed E-state index contributed by atoms with van der Waals surface area (Å²) >= 11 is 0. The summed E-state index contributed by atoms with van der Waals surface area (Å²) in [5.41, 5.74) is 8.27. The molecule has 18 heavy (non-hydrogen) atoms. The van der Waals surface area contributed by atoms with E-state index in [9.17, 15) is 0 Å². The standard InChI is InChI=1S/C14H22N2O2/c1-10-5-12-13(18-9-17-12)6-11(10)7-16(4)14(2,3)8-15/h5-6H,7-9,15H2,1-4H3. The van der Waals surface area contributed by atoms with E-state index in [0.29, 0.717) is 13.3 Å². The normalized spacial score (nSPS) is 14.3. The first-order valence-corrected chi connectivity index (χ1v) is 6.24. The zero-order chi connectivity index (χ0) is 13.3. The maximum atomic E-state index is 5.80. The van der Waals surface area contributed by atoms with Crippen LogP contribution in [0.3, 0.4) is 0 Å². The molecule has 2 N–H and O–H groups in total. The minimum atomic E-state index is -0.0111. The van der Waals surface area contributed by atoms with Crippen LogP contribution in [0.15, 0.2) is 12.1 Å². The molecule has 0 radical (unpaired) electrons. The molecule has 0 spiro atoms. The van der Waals surface area contributed by atoms with Gasteiger partial charge >= 0.3 is 0 Å². The second-order valence-electron chi connectivity index (χ2n) is 5.50. The van der Waals surface area contributed by atoms with Crippen LogP contribution in [0, 0.1) is 6.92 Å². The van der Waals surface area contributed by atoms with Gasteiger partial charge in [0.15, 0.2) is 11.5 Å². The Bertz CT molecular complexity index is 444. The van der Waals surface area contributed by atoms with Crippen LogP contribution in [0.2, 0.25) is 0 Å². The lowest BCUT2D eigenvalue weighted by Crippen LogP contribution is -2.46. The summed E-state index contributed by atoms with van der Waals surface area (Å²) in [7, 11) is 2.09. The number of nitrogens with zero attached hydrogens (tertiary/aromatic N) is 1. The van der Waals surface area contributed by atoms with Gasteiger partial charge in [-0.3, -0.25) is 4.90 Å². The predicted molar refractivity (Wildman–Crippen MR) is 71.9 cm³/mol. The van der Waals surface area contributed by atoms with Gasteiger partial charge < -0.3 is 15.2 Å². The number of hydrogen-bond acceptors (Lipinski definition) is 4. The fourth-order valence-corrected chi connectivity index (χ4v) is 1.88. The van der Waals surface area contributed by atoms with Gasteiger partial charge in [-0.1, -0.05) is 0 Å². The Hall–Kier alpha value is -1.26. The van der Waals surface area contributed by atoms with E-state index in [2.05, 4.69) is 38.8 Å². The molecule has 1 aliphatic heterocycles. The van der Waals surface area contributed by atoms with Crippen LogP contribution in [-0.2, 0) is 6.54 Å². The molecule has 0 amide bonds. The monoisotopic (exact) mass is 250 g/mol. The highest BCUT2D eigenvalue weighted by Crippen LogP contribution is 2.35. The predicted octanol–water partition coefficient (Wildman–Crippen LogP) is 1.89. The van der Waals surface area contributed by atoms with Gasteiger partial charge in [-0.2, -0.15) is 0 Å². The number of nitrogens with two attached hydrogens (primary N) is 1. The van der Waals surface area contributed by atoms with E-state index in [1.807, 2.05) is 6.07 Å². The summed E-state index contributed by atoms with van der Waals surface area (Å²) in [6, 6.07) is 4.11. The van der Waals surface area contributed by atoms with Crippen LogP contribution in [0.5, 0.6) is 11.5 Å². The molecule has 4 heteroatoms. The summed E-state index contributed by atoms with van der Waals surface area (Å²) in [5, 5.41) is 0. The lowest BCUT2D eigenvalue weighted by molar-refractivity contribution is 0.155. The lowest BCUT2D eigenvalue weighted by Gasteiger charge is -2.34. The molecule has 0 fully saturated rings. The Balaban J connectivity index is 2.20. The quantitative estimate of drug-likeness (QED) is 0.886. The van der Waals surface area contributed by atoms with Gasteiger partial charge in [0.05, 0.1) is 0 Å². The molecule has 0 unspecified atom stereocenters. The number of fused-ring (bicyclic) bond motifs is 1. The minimum Gasteiger partial charge on any atom is -0.454 e. The van der Waals surface area contributed by atoms with Gasteiger partial charge in [0.2, 0.25) is 6.79 Å². The molecule has 1 heterocycles. The first-order chi connectivity index (χ1) is 8.44. The van der Waals surface area contributed by atoms with Crippen LogP contribution in [0.25, 0.3) is 0 Å². The molecule has 1 aromatic rings. The molecule has 0 atom stereocenters. The maximum Gasteiger partial charge on any atom is 0.231 e. The largest absolute Gasteiger partial charge is 0.454 e. The van der Waals surface area contributed by atoms with Crippen molar-refractivity contribution in [2.45, 2.75) is 32.9 Å². The molecule has 0 saturated heterocycles. The summed E-state index contributed by atoms with van der Waals surface area (Å²) in [5.74, 6) is 1.69. The second kappa shape index (κ2) is 4.78. The second-order valence-corrected chi connectivity index (χ2v) is 5.50. The zero-order valence-corrected chi connectivity index (χ0v) is 11.6. The van der Waals surface area contributed by atoms with Gasteiger partial charge in [0, 0.05) is 18.6 Å². The van der Waals surface area contributed by atoms with E-state index in [1.165, 1.54) is 11.1 Å². The molecule has 0 saturated carbocycles. The summed E-state index contributed by atoms with van der Waals surface area (Å²) in [4.78, 5) is 2.26. The van der Waals surface area contributed by atoms with Crippen molar-refractivity contribution < 1.29 is 9.47 Å².